The second-order valence-corrected chi connectivity index (χ2v) is 3.81. The Labute approximate surface area is 79.5 Å². The first-order valence-corrected chi connectivity index (χ1v) is 4.70. The minimum Gasteiger partial charge on any atom is -0.211 e. The van der Waals surface area contributed by atoms with E-state index in [-0.39, 0.29) is 0 Å². The van der Waals surface area contributed by atoms with E-state index in [1.807, 2.05) is 31.2 Å². The molecule has 0 saturated heterocycles. The van der Waals surface area contributed by atoms with Crippen molar-refractivity contribution in [1.82, 2.24) is 0 Å². The van der Waals surface area contributed by atoms with Crippen molar-refractivity contribution in [3.8, 4) is 0 Å². The number of rotatable bonds is 1. The molecule has 2 nitrogen and oxygen atoms in total. The number of benzene rings is 1. The number of hydrogen-bond acceptors (Lipinski definition) is 3. The lowest BCUT2D eigenvalue weighted by atomic mass is 10.2. The topological polar surface area (TPSA) is 29.4 Å². The highest BCUT2D eigenvalue weighted by Crippen LogP contribution is 2.33. The van der Waals surface area contributed by atoms with Crippen LogP contribution in [0.3, 0.4) is 0 Å². The molecule has 1 aromatic carbocycles. The van der Waals surface area contributed by atoms with Gasteiger partial charge in [-0.25, -0.2) is 4.79 Å². The van der Waals surface area contributed by atoms with Gasteiger partial charge in [-0.05, 0) is 23.9 Å². The molecular weight excluding hydrogens is 182 g/mol. The molecule has 1 heterocycles. The van der Waals surface area contributed by atoms with Gasteiger partial charge in [0, 0.05) is 4.70 Å². The number of aryl methyl sites for hydroxylation is 1. The van der Waals surface area contributed by atoms with E-state index in [2.05, 4.69) is 4.99 Å². The maximum absolute atomic E-state index is 10.1. The van der Waals surface area contributed by atoms with Crippen LogP contribution in [-0.4, -0.2) is 6.08 Å². The van der Waals surface area contributed by atoms with E-state index in [1.165, 1.54) is 21.6 Å². The van der Waals surface area contributed by atoms with Gasteiger partial charge < -0.3 is 0 Å². The zero-order chi connectivity index (χ0) is 9.26. The van der Waals surface area contributed by atoms with E-state index >= 15 is 0 Å². The summed E-state index contributed by atoms with van der Waals surface area (Å²) < 4.78 is 1.19. The third-order valence-electron chi connectivity index (χ3n) is 1.88. The van der Waals surface area contributed by atoms with Gasteiger partial charge in [0.1, 0.15) is 5.00 Å². The monoisotopic (exact) mass is 189 g/mol. The molecule has 0 aliphatic rings. The molecule has 0 aliphatic heterocycles. The van der Waals surface area contributed by atoms with Crippen LogP contribution in [0.25, 0.3) is 10.1 Å². The summed E-state index contributed by atoms with van der Waals surface area (Å²) in [5, 5.41) is 1.86. The number of isocyanates is 1. The summed E-state index contributed by atoms with van der Waals surface area (Å²) in [6, 6.07) is 7.96. The summed E-state index contributed by atoms with van der Waals surface area (Å²) in [7, 11) is 0. The van der Waals surface area contributed by atoms with Crippen molar-refractivity contribution in [3.05, 3.63) is 29.8 Å². The highest BCUT2D eigenvalue weighted by Gasteiger charge is 2.01. The number of hydrogen-bond donors (Lipinski definition) is 0. The van der Waals surface area contributed by atoms with Crippen LogP contribution in [0.5, 0.6) is 0 Å². The average Bonchev–Trinajstić information content (AvgIpc) is 2.49. The molecule has 0 atom stereocenters. The normalized spacial score (nSPS) is 9.92. The highest BCUT2D eigenvalue weighted by molar-refractivity contribution is 7.22. The van der Waals surface area contributed by atoms with Crippen molar-refractivity contribution >= 4 is 32.5 Å². The van der Waals surface area contributed by atoms with Crippen molar-refractivity contribution in [2.24, 2.45) is 4.99 Å². The molecule has 64 valence electrons. The molecule has 0 bridgehead atoms. The van der Waals surface area contributed by atoms with E-state index < -0.39 is 0 Å². The summed E-state index contributed by atoms with van der Waals surface area (Å²) in [6.07, 6.45) is 1.55. The zero-order valence-corrected chi connectivity index (χ0v) is 7.89. The summed E-state index contributed by atoms with van der Waals surface area (Å²) in [4.78, 5) is 13.6. The Morgan fingerprint density at radius 2 is 2.31 bits per heavy atom. The van der Waals surface area contributed by atoms with Crippen molar-refractivity contribution < 1.29 is 4.79 Å². The minimum absolute atomic E-state index is 0.722. The molecule has 0 amide bonds. The van der Waals surface area contributed by atoms with Crippen molar-refractivity contribution in [3.63, 3.8) is 0 Å². The summed E-state index contributed by atoms with van der Waals surface area (Å²) >= 11 is 1.52. The summed E-state index contributed by atoms with van der Waals surface area (Å²) in [5.41, 5.74) is 1.22. The maximum Gasteiger partial charge on any atom is 0.241 e. The largest absolute Gasteiger partial charge is 0.241 e. The van der Waals surface area contributed by atoms with Crippen LogP contribution < -0.4 is 0 Å². The third kappa shape index (κ3) is 1.39. The Kier molecular flexibility index (Phi) is 1.97. The van der Waals surface area contributed by atoms with Gasteiger partial charge in [0.05, 0.1) is 0 Å². The molecule has 13 heavy (non-hydrogen) atoms. The molecular formula is C10H7NOS. The fraction of sp³-hybridized carbons (Fsp3) is 0.100. The van der Waals surface area contributed by atoms with Crippen molar-refractivity contribution in [1.29, 1.82) is 0 Å². The van der Waals surface area contributed by atoms with Crippen molar-refractivity contribution in [2.75, 3.05) is 0 Å². The Bertz CT molecular complexity index is 495. The van der Waals surface area contributed by atoms with E-state index in [0.29, 0.717) is 0 Å². The van der Waals surface area contributed by atoms with Gasteiger partial charge in [0.15, 0.2) is 0 Å². The van der Waals surface area contributed by atoms with Gasteiger partial charge in [-0.2, -0.15) is 4.99 Å². The maximum atomic E-state index is 10.1. The predicted octanol–water partition coefficient (Wildman–Crippen LogP) is 3.18. The molecule has 0 radical (unpaired) electrons. The zero-order valence-electron chi connectivity index (χ0n) is 7.07. The summed E-state index contributed by atoms with van der Waals surface area (Å²) in [6.45, 7) is 2.05. The smallest absolute Gasteiger partial charge is 0.211 e. The lowest BCUT2D eigenvalue weighted by molar-refractivity contribution is 0.565. The van der Waals surface area contributed by atoms with E-state index in [4.69, 9.17) is 0 Å². The van der Waals surface area contributed by atoms with E-state index in [0.717, 1.165) is 10.4 Å². The van der Waals surface area contributed by atoms with Gasteiger partial charge in [0.2, 0.25) is 6.08 Å². The SMILES string of the molecule is Cc1cccc2cc(N=C=O)sc12. The standard InChI is InChI=1S/C10H7NOS/c1-7-3-2-4-8-5-9(11-6-12)13-10(7)8/h2-5H,1H3. The molecule has 0 saturated carbocycles. The van der Waals surface area contributed by atoms with Crippen LogP contribution in [0.4, 0.5) is 5.00 Å². The Morgan fingerprint density at radius 3 is 3.00 bits per heavy atom. The average molecular weight is 189 g/mol. The van der Waals surface area contributed by atoms with Gasteiger partial charge in [0.25, 0.3) is 0 Å². The van der Waals surface area contributed by atoms with Gasteiger partial charge in [-0.15, -0.1) is 11.3 Å². The highest BCUT2D eigenvalue weighted by atomic mass is 32.1. The molecule has 1 aromatic heterocycles. The fourth-order valence-electron chi connectivity index (χ4n) is 1.30. The quantitative estimate of drug-likeness (QED) is 0.500. The first-order valence-electron chi connectivity index (χ1n) is 3.88. The second kappa shape index (κ2) is 3.13. The number of aliphatic imine (C=N–C) groups is 1. The van der Waals surface area contributed by atoms with Gasteiger partial charge in [-0.3, -0.25) is 0 Å². The number of thiophene rings is 1. The fourth-order valence-corrected chi connectivity index (χ4v) is 2.25. The van der Waals surface area contributed by atoms with E-state index in [9.17, 15) is 4.79 Å². The molecule has 0 fully saturated rings. The minimum atomic E-state index is 0.722. The Balaban J connectivity index is 2.75. The molecule has 0 unspecified atom stereocenters. The van der Waals surface area contributed by atoms with Crippen LogP contribution in [0.15, 0.2) is 29.3 Å². The van der Waals surface area contributed by atoms with Gasteiger partial charge in [-0.1, -0.05) is 18.2 Å². The molecule has 0 spiro atoms. The van der Waals surface area contributed by atoms with Crippen LogP contribution in [0, 0.1) is 6.92 Å². The second-order valence-electron chi connectivity index (χ2n) is 2.78. The third-order valence-corrected chi connectivity index (χ3v) is 3.06. The van der Waals surface area contributed by atoms with Crippen LogP contribution in [0.2, 0.25) is 0 Å². The first kappa shape index (κ1) is 8.17. The Morgan fingerprint density at radius 1 is 1.46 bits per heavy atom. The van der Waals surface area contributed by atoms with Crippen molar-refractivity contribution in [2.45, 2.75) is 6.92 Å². The molecule has 0 aliphatic carbocycles. The van der Waals surface area contributed by atoms with Crippen LogP contribution in [0.1, 0.15) is 5.56 Å². The molecule has 3 heteroatoms. The lowest BCUT2D eigenvalue weighted by Crippen LogP contribution is -1.67. The Hall–Kier alpha value is -1.44. The first-order chi connectivity index (χ1) is 6.31. The lowest BCUT2D eigenvalue weighted by Gasteiger charge is -1.91. The van der Waals surface area contributed by atoms with Gasteiger partial charge >= 0.3 is 0 Å². The van der Waals surface area contributed by atoms with Crippen LogP contribution >= 0.6 is 11.3 Å². The summed E-state index contributed by atoms with van der Waals surface area (Å²) in [5.74, 6) is 0. The van der Waals surface area contributed by atoms with E-state index in [1.54, 1.807) is 6.08 Å². The molecule has 2 rings (SSSR count). The number of fused-ring (bicyclic) bond motifs is 1. The number of nitrogens with zero attached hydrogens (tertiary/aromatic N) is 1. The predicted molar refractivity (Wildman–Crippen MR) is 54.3 cm³/mol. The van der Waals surface area contributed by atoms with Crippen LogP contribution in [-0.2, 0) is 4.79 Å². The molecule has 0 N–H and O–H groups in total. The number of carbonyl (C=O) groups excluding carboxylic acids is 1. The molecule has 2 aromatic rings.